The average Bonchev–Trinajstić information content (AvgIpc) is 2.89. The molecular weight excluding hydrogens is 296 g/mol. The van der Waals surface area contributed by atoms with Crippen LogP contribution in [-0.2, 0) is 0 Å². The third kappa shape index (κ3) is 2.05. The molecule has 0 unspecified atom stereocenters. The fraction of sp³-hybridized carbons (Fsp3) is 0.0625. The minimum absolute atomic E-state index is 0.240. The van der Waals surface area contributed by atoms with Gasteiger partial charge >= 0.3 is 6.03 Å². The molecular formula is C16H12N4OS. The molecule has 2 aromatic heterocycles. The molecule has 4 rings (SSSR count). The first-order valence-electron chi connectivity index (χ1n) is 6.82. The number of benzene rings is 2. The number of carbonyl (C=O) groups is 1. The normalized spacial score (nSPS) is 11.1. The highest BCUT2D eigenvalue weighted by Gasteiger charge is 2.10. The Kier molecular flexibility index (Phi) is 2.90. The van der Waals surface area contributed by atoms with Crippen LogP contribution in [0.15, 0.2) is 42.5 Å². The molecule has 0 saturated carbocycles. The van der Waals surface area contributed by atoms with Crippen LogP contribution >= 0.6 is 11.3 Å². The van der Waals surface area contributed by atoms with Crippen molar-refractivity contribution in [1.29, 1.82) is 0 Å². The number of nitrogens with one attached hydrogen (secondary N) is 2. The molecule has 2 aromatic carbocycles. The Morgan fingerprint density at radius 1 is 1.09 bits per heavy atom. The summed E-state index contributed by atoms with van der Waals surface area (Å²) in [5.41, 5.74) is 3.38. The van der Waals surface area contributed by atoms with Crippen molar-refractivity contribution in [1.82, 2.24) is 15.3 Å². The molecule has 0 atom stereocenters. The molecule has 0 aliphatic heterocycles. The van der Waals surface area contributed by atoms with Crippen molar-refractivity contribution >= 4 is 54.5 Å². The monoisotopic (exact) mass is 308 g/mol. The SMILES string of the molecule is CNC(=O)Nc1ccc2sc3nc4ccccc4nc3c2c1. The molecule has 6 heteroatoms. The summed E-state index contributed by atoms with van der Waals surface area (Å²) < 4.78 is 1.10. The van der Waals surface area contributed by atoms with E-state index < -0.39 is 0 Å². The van der Waals surface area contributed by atoms with Crippen molar-refractivity contribution in [3.8, 4) is 0 Å². The Hall–Kier alpha value is -2.73. The van der Waals surface area contributed by atoms with Gasteiger partial charge in [-0.1, -0.05) is 12.1 Å². The second kappa shape index (κ2) is 4.92. The molecule has 2 heterocycles. The smallest absolute Gasteiger partial charge is 0.318 e. The van der Waals surface area contributed by atoms with Crippen molar-refractivity contribution in [2.24, 2.45) is 0 Å². The standard InChI is InChI=1S/C16H12N4OS/c1-17-16(21)18-9-6-7-13-10(8-9)14-15(22-13)20-12-5-3-2-4-11(12)19-14/h2-8H,1H3,(H2,17,18,21). The van der Waals surface area contributed by atoms with Gasteiger partial charge in [-0.05, 0) is 30.3 Å². The first-order valence-corrected chi connectivity index (χ1v) is 7.64. The molecule has 0 bridgehead atoms. The number of thiophene rings is 1. The van der Waals surface area contributed by atoms with Gasteiger partial charge in [0.25, 0.3) is 0 Å². The van der Waals surface area contributed by atoms with E-state index in [9.17, 15) is 4.79 Å². The zero-order valence-electron chi connectivity index (χ0n) is 11.8. The van der Waals surface area contributed by atoms with Crippen molar-refractivity contribution in [2.75, 3.05) is 12.4 Å². The molecule has 5 nitrogen and oxygen atoms in total. The van der Waals surface area contributed by atoms with Crippen LogP contribution in [0.4, 0.5) is 10.5 Å². The summed E-state index contributed by atoms with van der Waals surface area (Å²) >= 11 is 1.61. The first kappa shape index (κ1) is 13.0. The minimum Gasteiger partial charge on any atom is -0.341 e. The summed E-state index contributed by atoms with van der Waals surface area (Å²) in [6.45, 7) is 0. The highest BCUT2D eigenvalue weighted by Crippen LogP contribution is 2.34. The second-order valence-electron chi connectivity index (χ2n) is 4.88. The maximum absolute atomic E-state index is 11.4. The Morgan fingerprint density at radius 2 is 1.86 bits per heavy atom. The Labute approximate surface area is 130 Å². The summed E-state index contributed by atoms with van der Waals surface area (Å²) in [5.74, 6) is 0. The number of anilines is 1. The van der Waals surface area contributed by atoms with E-state index in [1.807, 2.05) is 42.5 Å². The molecule has 2 N–H and O–H groups in total. The summed E-state index contributed by atoms with van der Waals surface area (Å²) in [6.07, 6.45) is 0. The lowest BCUT2D eigenvalue weighted by Crippen LogP contribution is -2.24. The zero-order valence-corrected chi connectivity index (χ0v) is 12.6. The largest absolute Gasteiger partial charge is 0.341 e. The van der Waals surface area contributed by atoms with Gasteiger partial charge in [-0.3, -0.25) is 0 Å². The van der Waals surface area contributed by atoms with Crippen LogP contribution in [-0.4, -0.2) is 23.0 Å². The number of carbonyl (C=O) groups excluding carboxylic acids is 1. The quantitative estimate of drug-likeness (QED) is 0.563. The summed E-state index contributed by atoms with van der Waals surface area (Å²) in [4.78, 5) is 21.8. The molecule has 4 aromatic rings. The van der Waals surface area contributed by atoms with E-state index in [1.54, 1.807) is 18.4 Å². The van der Waals surface area contributed by atoms with Gasteiger partial charge in [0.15, 0.2) is 0 Å². The van der Waals surface area contributed by atoms with Gasteiger partial charge in [-0.2, -0.15) is 0 Å². The van der Waals surface area contributed by atoms with Crippen molar-refractivity contribution in [2.45, 2.75) is 0 Å². The Bertz CT molecular complexity index is 1020. The van der Waals surface area contributed by atoms with Crippen molar-refractivity contribution in [3.05, 3.63) is 42.5 Å². The van der Waals surface area contributed by atoms with Crippen LogP contribution < -0.4 is 10.6 Å². The first-order chi connectivity index (χ1) is 10.7. The number of rotatable bonds is 1. The predicted molar refractivity (Wildman–Crippen MR) is 90.5 cm³/mol. The number of fused-ring (bicyclic) bond motifs is 4. The number of aromatic nitrogens is 2. The van der Waals surface area contributed by atoms with E-state index in [0.29, 0.717) is 0 Å². The number of urea groups is 1. The van der Waals surface area contributed by atoms with Crippen molar-refractivity contribution < 1.29 is 4.79 Å². The van der Waals surface area contributed by atoms with Crippen LogP contribution in [0.2, 0.25) is 0 Å². The van der Waals surface area contributed by atoms with E-state index in [1.165, 1.54) is 0 Å². The number of hydrogen-bond acceptors (Lipinski definition) is 4. The predicted octanol–water partition coefficient (Wildman–Crippen LogP) is 3.75. The van der Waals surface area contributed by atoms with Gasteiger partial charge in [0, 0.05) is 22.8 Å². The number of amides is 2. The van der Waals surface area contributed by atoms with E-state index in [4.69, 9.17) is 4.98 Å². The molecule has 0 fully saturated rings. The highest BCUT2D eigenvalue weighted by atomic mass is 32.1. The summed E-state index contributed by atoms with van der Waals surface area (Å²) in [6, 6.07) is 13.4. The van der Waals surface area contributed by atoms with Crippen LogP contribution in [0.3, 0.4) is 0 Å². The van der Waals surface area contributed by atoms with Gasteiger partial charge < -0.3 is 10.6 Å². The highest BCUT2D eigenvalue weighted by molar-refractivity contribution is 7.25. The van der Waals surface area contributed by atoms with Crippen LogP contribution in [0.25, 0.3) is 31.5 Å². The second-order valence-corrected chi connectivity index (χ2v) is 5.91. The lowest BCUT2D eigenvalue weighted by molar-refractivity contribution is 0.254. The van der Waals surface area contributed by atoms with E-state index in [-0.39, 0.29) is 6.03 Å². The Balaban J connectivity index is 1.95. The third-order valence-electron chi connectivity index (χ3n) is 3.46. The molecule has 0 spiro atoms. The lowest BCUT2D eigenvalue weighted by Gasteiger charge is -2.04. The molecule has 22 heavy (non-hydrogen) atoms. The van der Waals surface area contributed by atoms with Crippen LogP contribution in [0.1, 0.15) is 0 Å². The lowest BCUT2D eigenvalue weighted by atomic mass is 10.2. The van der Waals surface area contributed by atoms with Crippen molar-refractivity contribution in [3.63, 3.8) is 0 Å². The van der Waals surface area contributed by atoms with Gasteiger partial charge in [0.05, 0.1) is 11.0 Å². The zero-order chi connectivity index (χ0) is 15.1. The average molecular weight is 308 g/mol. The molecule has 2 amide bonds. The van der Waals surface area contributed by atoms with E-state index in [0.717, 1.165) is 37.2 Å². The van der Waals surface area contributed by atoms with Gasteiger partial charge in [-0.25, -0.2) is 14.8 Å². The summed E-state index contributed by atoms with van der Waals surface area (Å²) in [7, 11) is 1.59. The number of hydrogen-bond donors (Lipinski definition) is 2. The van der Waals surface area contributed by atoms with Crippen LogP contribution in [0.5, 0.6) is 0 Å². The van der Waals surface area contributed by atoms with E-state index >= 15 is 0 Å². The maximum atomic E-state index is 11.4. The topological polar surface area (TPSA) is 66.9 Å². The number of para-hydroxylation sites is 2. The number of nitrogens with zero attached hydrogens (tertiary/aromatic N) is 2. The van der Waals surface area contributed by atoms with E-state index in [2.05, 4.69) is 15.6 Å². The van der Waals surface area contributed by atoms with Crippen LogP contribution in [0, 0.1) is 0 Å². The molecule has 108 valence electrons. The van der Waals surface area contributed by atoms with Gasteiger partial charge in [0.2, 0.25) is 0 Å². The summed E-state index contributed by atoms with van der Waals surface area (Å²) in [5, 5.41) is 6.33. The molecule has 0 radical (unpaired) electrons. The third-order valence-corrected chi connectivity index (χ3v) is 4.52. The molecule has 0 aliphatic rings. The minimum atomic E-state index is -0.240. The fourth-order valence-corrected chi connectivity index (χ4v) is 3.42. The Morgan fingerprint density at radius 3 is 2.64 bits per heavy atom. The molecule has 0 saturated heterocycles. The van der Waals surface area contributed by atoms with Gasteiger partial charge in [0.1, 0.15) is 10.3 Å². The maximum Gasteiger partial charge on any atom is 0.318 e. The van der Waals surface area contributed by atoms with Gasteiger partial charge in [-0.15, -0.1) is 11.3 Å². The fourth-order valence-electron chi connectivity index (χ4n) is 2.41. The molecule has 0 aliphatic carbocycles.